The van der Waals surface area contributed by atoms with Gasteiger partial charge in [-0.05, 0) is 31.0 Å². The minimum absolute atomic E-state index is 0.117. The Morgan fingerprint density at radius 2 is 2.28 bits per heavy atom. The first-order valence-electron chi connectivity index (χ1n) is 5.94. The Morgan fingerprint density at radius 1 is 1.56 bits per heavy atom. The first kappa shape index (κ1) is 13.2. The first-order valence-corrected chi connectivity index (χ1v) is 6.31. The van der Waals surface area contributed by atoms with Gasteiger partial charge in [-0.1, -0.05) is 24.6 Å². The monoisotopic (exact) mass is 269 g/mol. The van der Waals surface area contributed by atoms with Crippen LogP contribution in [0.15, 0.2) is 18.2 Å². The van der Waals surface area contributed by atoms with Crippen molar-refractivity contribution in [2.75, 3.05) is 6.54 Å². The van der Waals surface area contributed by atoms with E-state index in [2.05, 4.69) is 0 Å². The van der Waals surface area contributed by atoms with E-state index in [1.165, 1.54) is 0 Å². The van der Waals surface area contributed by atoms with Gasteiger partial charge in [0.05, 0.1) is 0 Å². The minimum Gasteiger partial charge on any atom is -0.508 e. The molecule has 2 N–H and O–H groups in total. The molecule has 0 bridgehead atoms. The smallest absolute Gasteiger partial charge is 0.321 e. The standard InChI is InChI=1S/C13H16ClNO3/c1-8-5-6-15(12(8)13(17)18)7-9-10(14)3-2-4-11(9)16/h2-4,8,12,16H,5-7H2,1H3,(H,17,18). The average Bonchev–Trinajstić information content (AvgIpc) is 2.65. The van der Waals surface area contributed by atoms with Crippen LogP contribution in [0.2, 0.25) is 5.02 Å². The van der Waals surface area contributed by atoms with Gasteiger partial charge in [-0.3, -0.25) is 9.69 Å². The molecule has 1 aliphatic heterocycles. The lowest BCUT2D eigenvalue weighted by Crippen LogP contribution is -2.38. The number of hydrogen-bond donors (Lipinski definition) is 2. The van der Waals surface area contributed by atoms with Gasteiger partial charge in [0.1, 0.15) is 11.8 Å². The molecule has 2 rings (SSSR count). The number of halogens is 1. The third-order valence-electron chi connectivity index (χ3n) is 3.51. The lowest BCUT2D eigenvalue weighted by atomic mass is 10.0. The largest absolute Gasteiger partial charge is 0.508 e. The van der Waals surface area contributed by atoms with Crippen LogP contribution in [0.25, 0.3) is 0 Å². The summed E-state index contributed by atoms with van der Waals surface area (Å²) in [4.78, 5) is 13.1. The number of carboxylic acid groups (broad SMARTS) is 1. The zero-order valence-corrected chi connectivity index (χ0v) is 10.9. The van der Waals surface area contributed by atoms with Gasteiger partial charge in [0, 0.05) is 17.1 Å². The van der Waals surface area contributed by atoms with Crippen LogP contribution >= 0.6 is 11.6 Å². The van der Waals surface area contributed by atoms with E-state index in [-0.39, 0.29) is 11.7 Å². The Labute approximate surface area is 111 Å². The lowest BCUT2D eigenvalue weighted by Gasteiger charge is -2.23. The molecular formula is C13H16ClNO3. The number of hydrogen-bond acceptors (Lipinski definition) is 3. The number of aromatic hydroxyl groups is 1. The summed E-state index contributed by atoms with van der Waals surface area (Å²) in [7, 11) is 0. The second-order valence-corrected chi connectivity index (χ2v) is 5.16. The topological polar surface area (TPSA) is 60.8 Å². The molecule has 4 nitrogen and oxygen atoms in total. The zero-order valence-electron chi connectivity index (χ0n) is 10.1. The van der Waals surface area contributed by atoms with Gasteiger partial charge in [0.25, 0.3) is 0 Å². The third kappa shape index (κ3) is 2.44. The number of carbonyl (C=O) groups is 1. The summed E-state index contributed by atoms with van der Waals surface area (Å²) in [6.45, 7) is 3.01. The van der Waals surface area contributed by atoms with Gasteiger partial charge in [-0.15, -0.1) is 0 Å². The molecule has 1 aliphatic rings. The SMILES string of the molecule is CC1CCN(Cc2c(O)cccc2Cl)C1C(=O)O. The number of likely N-dealkylation sites (tertiary alicyclic amines) is 1. The van der Waals surface area contributed by atoms with Crippen LogP contribution in [-0.4, -0.2) is 33.7 Å². The normalized spacial score (nSPS) is 24.3. The maximum Gasteiger partial charge on any atom is 0.321 e. The number of carboxylic acids is 1. The number of aliphatic carboxylic acids is 1. The Kier molecular flexibility index (Phi) is 3.78. The van der Waals surface area contributed by atoms with Crippen LogP contribution in [0.3, 0.4) is 0 Å². The Balaban J connectivity index is 2.21. The van der Waals surface area contributed by atoms with E-state index >= 15 is 0 Å². The maximum absolute atomic E-state index is 11.2. The summed E-state index contributed by atoms with van der Waals surface area (Å²) in [5, 5.41) is 19.5. The summed E-state index contributed by atoms with van der Waals surface area (Å²) in [6, 6.07) is 4.44. The molecule has 5 heteroatoms. The predicted molar refractivity (Wildman–Crippen MR) is 68.7 cm³/mol. The summed E-state index contributed by atoms with van der Waals surface area (Å²) in [6.07, 6.45) is 0.849. The summed E-state index contributed by atoms with van der Waals surface area (Å²) < 4.78 is 0. The van der Waals surface area contributed by atoms with E-state index in [0.29, 0.717) is 23.7 Å². The second-order valence-electron chi connectivity index (χ2n) is 4.76. The van der Waals surface area contributed by atoms with E-state index < -0.39 is 12.0 Å². The molecule has 0 saturated carbocycles. The van der Waals surface area contributed by atoms with Crippen molar-refractivity contribution in [3.8, 4) is 5.75 Å². The molecule has 1 heterocycles. The Morgan fingerprint density at radius 3 is 2.89 bits per heavy atom. The fourth-order valence-electron chi connectivity index (χ4n) is 2.51. The van der Waals surface area contributed by atoms with E-state index in [1.807, 2.05) is 11.8 Å². The van der Waals surface area contributed by atoms with Crippen LogP contribution in [0.1, 0.15) is 18.9 Å². The van der Waals surface area contributed by atoms with E-state index in [4.69, 9.17) is 11.6 Å². The number of nitrogens with zero attached hydrogens (tertiary/aromatic N) is 1. The number of phenols is 1. The average molecular weight is 270 g/mol. The van der Waals surface area contributed by atoms with Crippen molar-refractivity contribution >= 4 is 17.6 Å². The molecule has 18 heavy (non-hydrogen) atoms. The van der Waals surface area contributed by atoms with Crippen LogP contribution in [-0.2, 0) is 11.3 Å². The molecule has 2 atom stereocenters. The summed E-state index contributed by atoms with van der Waals surface area (Å²) >= 11 is 6.04. The van der Waals surface area contributed by atoms with Crippen molar-refractivity contribution in [2.45, 2.75) is 25.9 Å². The van der Waals surface area contributed by atoms with Crippen molar-refractivity contribution < 1.29 is 15.0 Å². The molecule has 0 amide bonds. The molecule has 0 spiro atoms. The highest BCUT2D eigenvalue weighted by molar-refractivity contribution is 6.31. The van der Waals surface area contributed by atoms with Crippen LogP contribution in [0.4, 0.5) is 0 Å². The lowest BCUT2D eigenvalue weighted by molar-refractivity contribution is -0.143. The molecule has 2 unspecified atom stereocenters. The zero-order chi connectivity index (χ0) is 13.3. The van der Waals surface area contributed by atoms with Crippen LogP contribution in [0.5, 0.6) is 5.75 Å². The second kappa shape index (κ2) is 5.16. The van der Waals surface area contributed by atoms with Crippen molar-refractivity contribution in [1.29, 1.82) is 0 Å². The van der Waals surface area contributed by atoms with Crippen LogP contribution < -0.4 is 0 Å². The van der Waals surface area contributed by atoms with Crippen LogP contribution in [0, 0.1) is 5.92 Å². The predicted octanol–water partition coefficient (Wildman–Crippen LogP) is 2.34. The van der Waals surface area contributed by atoms with Gasteiger partial charge in [0.15, 0.2) is 0 Å². The van der Waals surface area contributed by atoms with Gasteiger partial charge >= 0.3 is 5.97 Å². The first-order chi connectivity index (χ1) is 8.50. The molecule has 1 fully saturated rings. The highest BCUT2D eigenvalue weighted by Gasteiger charge is 2.36. The van der Waals surface area contributed by atoms with E-state index in [0.717, 1.165) is 6.42 Å². The quantitative estimate of drug-likeness (QED) is 0.884. The highest BCUT2D eigenvalue weighted by Crippen LogP contribution is 2.31. The van der Waals surface area contributed by atoms with Gasteiger partial charge in [-0.25, -0.2) is 0 Å². The molecule has 0 radical (unpaired) electrons. The molecule has 0 aliphatic carbocycles. The van der Waals surface area contributed by atoms with Gasteiger partial charge in [-0.2, -0.15) is 0 Å². The fraction of sp³-hybridized carbons (Fsp3) is 0.462. The molecule has 0 aromatic heterocycles. The maximum atomic E-state index is 11.2. The molecule has 1 saturated heterocycles. The fourth-order valence-corrected chi connectivity index (χ4v) is 2.74. The van der Waals surface area contributed by atoms with Crippen molar-refractivity contribution in [3.63, 3.8) is 0 Å². The molecule has 1 aromatic carbocycles. The third-order valence-corrected chi connectivity index (χ3v) is 3.87. The molecular weight excluding hydrogens is 254 g/mol. The Hall–Kier alpha value is -1.26. The highest BCUT2D eigenvalue weighted by atomic mass is 35.5. The number of benzene rings is 1. The number of phenolic OH excluding ortho intramolecular Hbond substituents is 1. The summed E-state index contributed by atoms with van der Waals surface area (Å²) in [5.74, 6) is -0.579. The van der Waals surface area contributed by atoms with Crippen molar-refractivity contribution in [2.24, 2.45) is 5.92 Å². The van der Waals surface area contributed by atoms with E-state index in [1.54, 1.807) is 18.2 Å². The van der Waals surface area contributed by atoms with Crippen molar-refractivity contribution in [1.82, 2.24) is 4.90 Å². The molecule has 98 valence electrons. The van der Waals surface area contributed by atoms with Gasteiger partial charge in [0.2, 0.25) is 0 Å². The molecule has 1 aromatic rings. The summed E-state index contributed by atoms with van der Waals surface area (Å²) in [5.41, 5.74) is 0.597. The van der Waals surface area contributed by atoms with Crippen molar-refractivity contribution in [3.05, 3.63) is 28.8 Å². The van der Waals surface area contributed by atoms with E-state index in [9.17, 15) is 15.0 Å². The Bertz CT molecular complexity index is 443. The van der Waals surface area contributed by atoms with Gasteiger partial charge < -0.3 is 10.2 Å². The number of rotatable bonds is 3. The minimum atomic E-state index is -0.813.